The molecule has 1 aromatic carbocycles. The van der Waals surface area contributed by atoms with E-state index >= 15 is 0 Å². The number of nitrogens with zero attached hydrogens (tertiary/aromatic N) is 2. The van der Waals surface area contributed by atoms with Crippen LogP contribution >= 0.6 is 0 Å². The molecule has 3 rings (SSSR count). The van der Waals surface area contributed by atoms with Crippen LogP contribution in [-0.2, 0) is 10.2 Å². The van der Waals surface area contributed by atoms with Crippen LogP contribution in [0.4, 0.5) is 0 Å². The Morgan fingerprint density at radius 3 is 2.71 bits per heavy atom. The second-order valence-corrected chi connectivity index (χ2v) is 6.72. The van der Waals surface area contributed by atoms with E-state index < -0.39 is 5.97 Å². The lowest BCUT2D eigenvalue weighted by Gasteiger charge is -2.17. The maximum atomic E-state index is 10.6. The first-order valence-corrected chi connectivity index (χ1v) is 7.70. The van der Waals surface area contributed by atoms with Crippen LogP contribution in [0.1, 0.15) is 32.0 Å². The Kier molecular flexibility index (Phi) is 3.93. The zero-order chi connectivity index (χ0) is 17.3. The van der Waals surface area contributed by atoms with Crippen LogP contribution in [0.3, 0.4) is 0 Å². The highest BCUT2D eigenvalue weighted by atomic mass is 16.4. The number of hydrogen-bond donors (Lipinski definition) is 2. The highest BCUT2D eigenvalue weighted by Gasteiger charge is 2.17. The molecule has 0 aliphatic rings. The number of hydrogen-bond acceptors (Lipinski definition) is 3. The summed E-state index contributed by atoms with van der Waals surface area (Å²) in [6.45, 7) is 6.35. The third-order valence-corrected chi connectivity index (χ3v) is 3.73. The minimum atomic E-state index is -0.961. The number of fused-ring (bicyclic) bond motifs is 1. The van der Waals surface area contributed by atoms with Gasteiger partial charge in [-0.05, 0) is 35.9 Å². The van der Waals surface area contributed by atoms with Crippen molar-refractivity contribution in [1.29, 1.82) is 0 Å². The standard InChI is InChI=1S/C19H19N3O2/c1-19(2,3)16-8-9-20-18(22-16)15-11-13-10-12(5-7-17(23)24)4-6-14(13)21-15/h4-11,21H,1-3H3,(H,23,24)/b7-5+. The van der Waals surface area contributed by atoms with Crippen molar-refractivity contribution in [2.45, 2.75) is 26.2 Å². The van der Waals surface area contributed by atoms with Crippen molar-refractivity contribution in [3.05, 3.63) is 53.9 Å². The average molecular weight is 321 g/mol. The van der Waals surface area contributed by atoms with Crippen LogP contribution in [0.15, 0.2) is 42.6 Å². The highest BCUT2D eigenvalue weighted by Crippen LogP contribution is 2.25. The summed E-state index contributed by atoms with van der Waals surface area (Å²) in [6, 6.07) is 9.64. The molecule has 0 saturated carbocycles. The predicted molar refractivity (Wildman–Crippen MR) is 94.7 cm³/mol. The molecule has 0 bridgehead atoms. The maximum Gasteiger partial charge on any atom is 0.328 e. The fraction of sp³-hybridized carbons (Fsp3) is 0.211. The predicted octanol–water partition coefficient (Wildman–Crippen LogP) is 4.02. The average Bonchev–Trinajstić information content (AvgIpc) is 2.95. The second-order valence-electron chi connectivity index (χ2n) is 6.72. The molecule has 0 fully saturated rings. The minimum absolute atomic E-state index is 0.0432. The van der Waals surface area contributed by atoms with Gasteiger partial charge in [-0.1, -0.05) is 26.8 Å². The van der Waals surface area contributed by atoms with Crippen LogP contribution in [0, 0.1) is 0 Å². The summed E-state index contributed by atoms with van der Waals surface area (Å²) in [4.78, 5) is 23.0. The summed E-state index contributed by atoms with van der Waals surface area (Å²) in [6.07, 6.45) is 4.48. The van der Waals surface area contributed by atoms with Gasteiger partial charge >= 0.3 is 5.97 Å². The van der Waals surface area contributed by atoms with E-state index in [1.807, 2.05) is 30.3 Å². The van der Waals surface area contributed by atoms with Crippen molar-refractivity contribution in [2.75, 3.05) is 0 Å². The van der Waals surface area contributed by atoms with Gasteiger partial charge in [0.1, 0.15) is 0 Å². The molecule has 3 aromatic rings. The first-order chi connectivity index (χ1) is 11.3. The van der Waals surface area contributed by atoms with Gasteiger partial charge in [0.05, 0.1) is 5.69 Å². The molecule has 2 heterocycles. The van der Waals surface area contributed by atoms with Crippen LogP contribution in [-0.4, -0.2) is 26.0 Å². The van der Waals surface area contributed by atoms with E-state index in [0.717, 1.165) is 33.9 Å². The number of aromatic amines is 1. The van der Waals surface area contributed by atoms with E-state index in [1.54, 1.807) is 12.3 Å². The quantitative estimate of drug-likeness (QED) is 0.714. The van der Waals surface area contributed by atoms with Crippen molar-refractivity contribution in [3.8, 4) is 11.5 Å². The lowest BCUT2D eigenvalue weighted by atomic mass is 9.92. The van der Waals surface area contributed by atoms with Gasteiger partial charge < -0.3 is 10.1 Å². The monoisotopic (exact) mass is 321 g/mol. The largest absolute Gasteiger partial charge is 0.478 e. The first kappa shape index (κ1) is 15.9. The Labute approximate surface area is 140 Å². The van der Waals surface area contributed by atoms with Crippen LogP contribution in [0.2, 0.25) is 0 Å². The lowest BCUT2D eigenvalue weighted by molar-refractivity contribution is -0.131. The topological polar surface area (TPSA) is 78.9 Å². The number of benzene rings is 1. The summed E-state index contributed by atoms with van der Waals surface area (Å²) < 4.78 is 0. The third kappa shape index (κ3) is 3.35. The fourth-order valence-electron chi connectivity index (χ4n) is 2.45. The number of carboxylic acids is 1. The summed E-state index contributed by atoms with van der Waals surface area (Å²) in [5.74, 6) is -0.307. The van der Waals surface area contributed by atoms with Gasteiger partial charge in [-0.25, -0.2) is 14.8 Å². The Bertz CT molecular complexity index is 933. The molecule has 0 radical (unpaired) electrons. The van der Waals surface area contributed by atoms with Gasteiger partial charge in [-0.15, -0.1) is 0 Å². The third-order valence-electron chi connectivity index (χ3n) is 3.73. The molecule has 0 atom stereocenters. The molecule has 0 saturated heterocycles. The smallest absolute Gasteiger partial charge is 0.328 e. The SMILES string of the molecule is CC(C)(C)c1ccnc(-c2cc3cc(/C=C/C(=O)O)ccc3[nH]2)n1. The van der Waals surface area contributed by atoms with Crippen molar-refractivity contribution in [3.63, 3.8) is 0 Å². The molecule has 2 N–H and O–H groups in total. The van der Waals surface area contributed by atoms with Crippen LogP contribution < -0.4 is 0 Å². The first-order valence-electron chi connectivity index (χ1n) is 7.70. The second kappa shape index (κ2) is 5.92. The molecule has 24 heavy (non-hydrogen) atoms. The number of carboxylic acid groups (broad SMARTS) is 1. The van der Waals surface area contributed by atoms with Crippen LogP contribution in [0.5, 0.6) is 0 Å². The number of nitrogens with one attached hydrogen (secondary N) is 1. The molecule has 0 amide bonds. The van der Waals surface area contributed by atoms with Gasteiger partial charge in [0.15, 0.2) is 5.82 Å². The molecule has 5 heteroatoms. The summed E-state index contributed by atoms with van der Waals surface area (Å²) >= 11 is 0. The number of rotatable bonds is 3. The van der Waals surface area contributed by atoms with Crippen molar-refractivity contribution in [2.24, 2.45) is 0 Å². The molecule has 5 nitrogen and oxygen atoms in total. The van der Waals surface area contributed by atoms with Gasteiger partial charge in [-0.2, -0.15) is 0 Å². The molecular weight excluding hydrogens is 302 g/mol. The minimum Gasteiger partial charge on any atom is -0.478 e. The molecule has 2 aromatic heterocycles. The number of H-pyrrole nitrogens is 1. The van der Waals surface area contributed by atoms with Gasteiger partial charge in [-0.3, -0.25) is 0 Å². The van der Waals surface area contributed by atoms with Gasteiger partial charge in [0.25, 0.3) is 0 Å². The Hall–Kier alpha value is -2.95. The Morgan fingerprint density at radius 2 is 2.00 bits per heavy atom. The van der Waals surface area contributed by atoms with Crippen molar-refractivity contribution in [1.82, 2.24) is 15.0 Å². The molecular formula is C19H19N3O2. The van der Waals surface area contributed by atoms with E-state index in [9.17, 15) is 4.79 Å². The molecule has 0 aliphatic heterocycles. The van der Waals surface area contributed by atoms with E-state index in [0.29, 0.717) is 5.82 Å². The van der Waals surface area contributed by atoms with Crippen molar-refractivity contribution >= 4 is 22.9 Å². The number of aliphatic carboxylic acids is 1. The van der Waals surface area contributed by atoms with Gasteiger partial charge in [0, 0.05) is 34.3 Å². The molecule has 0 unspecified atom stereocenters. The number of carbonyl (C=O) groups is 1. The molecule has 122 valence electrons. The van der Waals surface area contributed by atoms with Gasteiger partial charge in [0.2, 0.25) is 0 Å². The zero-order valence-corrected chi connectivity index (χ0v) is 13.9. The highest BCUT2D eigenvalue weighted by molar-refractivity contribution is 5.89. The van der Waals surface area contributed by atoms with E-state index in [-0.39, 0.29) is 5.41 Å². The number of aromatic nitrogens is 3. The molecule has 0 spiro atoms. The summed E-state index contributed by atoms with van der Waals surface area (Å²) in [7, 11) is 0. The Balaban J connectivity index is 2.01. The van der Waals surface area contributed by atoms with E-state index in [1.165, 1.54) is 0 Å². The van der Waals surface area contributed by atoms with Crippen LogP contribution in [0.25, 0.3) is 28.5 Å². The maximum absolute atomic E-state index is 10.6. The zero-order valence-electron chi connectivity index (χ0n) is 13.9. The Morgan fingerprint density at radius 1 is 1.21 bits per heavy atom. The fourth-order valence-corrected chi connectivity index (χ4v) is 2.45. The lowest BCUT2D eigenvalue weighted by Crippen LogP contribution is -2.14. The van der Waals surface area contributed by atoms with E-state index in [2.05, 4.69) is 35.7 Å². The molecule has 0 aliphatic carbocycles. The van der Waals surface area contributed by atoms with Crippen molar-refractivity contribution < 1.29 is 9.90 Å². The summed E-state index contributed by atoms with van der Waals surface area (Å²) in [5.41, 5.74) is 3.58. The van der Waals surface area contributed by atoms with E-state index in [4.69, 9.17) is 5.11 Å². The summed E-state index contributed by atoms with van der Waals surface area (Å²) in [5, 5.41) is 9.71. The normalized spacial score (nSPS) is 12.1.